The van der Waals surface area contributed by atoms with Gasteiger partial charge in [-0.2, -0.15) is 8.42 Å². The second-order valence-electron chi connectivity index (χ2n) is 3.34. The van der Waals surface area contributed by atoms with Gasteiger partial charge in [-0.25, -0.2) is 0 Å². The van der Waals surface area contributed by atoms with Crippen LogP contribution in [0.15, 0.2) is 23.1 Å². The number of nitrogens with two attached hydrogens (primary N) is 1. The molecule has 0 aliphatic rings. The van der Waals surface area contributed by atoms with Crippen molar-refractivity contribution in [2.24, 2.45) is 0 Å². The van der Waals surface area contributed by atoms with Crippen molar-refractivity contribution in [1.82, 2.24) is 0 Å². The number of hydrogen-bond acceptors (Lipinski definition) is 4. The quantitative estimate of drug-likeness (QED) is 0.604. The Labute approximate surface area is 88.6 Å². The minimum Gasteiger partial charge on any atom is -0.491 e. The van der Waals surface area contributed by atoms with Crippen molar-refractivity contribution in [3.63, 3.8) is 0 Å². The van der Waals surface area contributed by atoms with E-state index >= 15 is 0 Å². The fraction of sp³-hybridized carbons (Fsp3) is 0.333. The number of nitrogen functional groups attached to an aromatic ring is 1. The molecule has 0 aromatic heterocycles. The van der Waals surface area contributed by atoms with Gasteiger partial charge in [-0.1, -0.05) is 0 Å². The molecule has 0 bridgehead atoms. The molecule has 0 radical (unpaired) electrons. The minimum absolute atomic E-state index is 0.00592. The molecule has 0 amide bonds. The van der Waals surface area contributed by atoms with Crippen LogP contribution in [0.25, 0.3) is 0 Å². The maximum Gasteiger partial charge on any atom is 0.296 e. The lowest BCUT2D eigenvalue weighted by Crippen LogP contribution is -2.08. The van der Waals surface area contributed by atoms with Crippen LogP contribution in [0.1, 0.15) is 13.8 Å². The fourth-order valence-corrected chi connectivity index (χ4v) is 1.71. The van der Waals surface area contributed by atoms with Crippen LogP contribution in [0.2, 0.25) is 0 Å². The molecular weight excluding hydrogens is 218 g/mol. The first-order valence-electron chi connectivity index (χ1n) is 4.34. The van der Waals surface area contributed by atoms with E-state index in [0.717, 1.165) is 0 Å². The predicted molar refractivity (Wildman–Crippen MR) is 56.4 cm³/mol. The molecule has 0 aliphatic carbocycles. The third-order valence-electron chi connectivity index (χ3n) is 1.63. The molecule has 0 aliphatic heterocycles. The van der Waals surface area contributed by atoms with Crippen molar-refractivity contribution in [3.8, 4) is 5.75 Å². The first-order chi connectivity index (χ1) is 6.80. The van der Waals surface area contributed by atoms with Crippen molar-refractivity contribution < 1.29 is 17.7 Å². The van der Waals surface area contributed by atoms with Crippen LogP contribution < -0.4 is 10.5 Å². The van der Waals surface area contributed by atoms with E-state index in [1.165, 1.54) is 12.1 Å². The third-order valence-corrected chi connectivity index (χ3v) is 2.54. The molecule has 1 aromatic rings. The molecule has 6 heteroatoms. The largest absolute Gasteiger partial charge is 0.491 e. The summed E-state index contributed by atoms with van der Waals surface area (Å²) in [7, 11) is -4.30. The molecule has 0 fully saturated rings. The summed E-state index contributed by atoms with van der Waals surface area (Å²) in [6, 6.07) is 4.12. The molecule has 5 nitrogen and oxygen atoms in total. The first kappa shape index (κ1) is 11.8. The summed E-state index contributed by atoms with van der Waals surface area (Å²) in [6.45, 7) is 3.62. The van der Waals surface area contributed by atoms with E-state index in [9.17, 15) is 8.42 Å². The summed E-state index contributed by atoms with van der Waals surface area (Å²) < 4.78 is 36.0. The van der Waals surface area contributed by atoms with Crippen molar-refractivity contribution >= 4 is 15.8 Å². The van der Waals surface area contributed by atoms with Crippen molar-refractivity contribution in [1.29, 1.82) is 0 Å². The number of rotatable bonds is 3. The van der Waals surface area contributed by atoms with Crippen LogP contribution in [0.3, 0.4) is 0 Å². The van der Waals surface area contributed by atoms with E-state index < -0.39 is 10.1 Å². The number of hydrogen-bond donors (Lipinski definition) is 2. The lowest BCUT2D eigenvalue weighted by Gasteiger charge is -2.11. The highest BCUT2D eigenvalue weighted by atomic mass is 32.2. The Kier molecular flexibility index (Phi) is 3.21. The third kappa shape index (κ3) is 3.10. The van der Waals surface area contributed by atoms with Crippen LogP contribution in [0, 0.1) is 0 Å². The smallest absolute Gasteiger partial charge is 0.296 e. The summed E-state index contributed by atoms with van der Waals surface area (Å²) >= 11 is 0. The summed E-state index contributed by atoms with van der Waals surface area (Å²) in [5.41, 5.74) is 5.41. The average molecular weight is 231 g/mol. The van der Waals surface area contributed by atoms with E-state index in [1.54, 1.807) is 6.07 Å². The first-order valence-corrected chi connectivity index (χ1v) is 5.78. The second-order valence-corrected chi connectivity index (χ2v) is 4.73. The lowest BCUT2D eigenvalue weighted by molar-refractivity contribution is 0.242. The Morgan fingerprint density at radius 1 is 1.40 bits per heavy atom. The van der Waals surface area contributed by atoms with Crippen LogP contribution in [0.5, 0.6) is 5.75 Å². The van der Waals surface area contributed by atoms with Gasteiger partial charge in [-0.15, -0.1) is 0 Å². The Balaban J connectivity index is 3.18. The normalized spacial score (nSPS) is 11.7. The Morgan fingerprint density at radius 2 is 2.00 bits per heavy atom. The van der Waals surface area contributed by atoms with Gasteiger partial charge in [-0.05, 0) is 26.0 Å². The van der Waals surface area contributed by atoms with Gasteiger partial charge >= 0.3 is 0 Å². The second kappa shape index (κ2) is 4.08. The van der Waals surface area contributed by atoms with Gasteiger partial charge < -0.3 is 10.5 Å². The van der Waals surface area contributed by atoms with Gasteiger partial charge in [-0.3, -0.25) is 4.55 Å². The van der Waals surface area contributed by atoms with Crippen LogP contribution >= 0.6 is 0 Å². The minimum atomic E-state index is -4.30. The van der Waals surface area contributed by atoms with Gasteiger partial charge in [0.1, 0.15) is 10.6 Å². The van der Waals surface area contributed by atoms with E-state index in [-0.39, 0.29) is 16.7 Å². The molecular formula is C9H13NO4S. The van der Waals surface area contributed by atoms with Gasteiger partial charge in [0.2, 0.25) is 0 Å². The van der Waals surface area contributed by atoms with Gasteiger partial charge in [0.05, 0.1) is 11.8 Å². The fourth-order valence-electron chi connectivity index (χ4n) is 1.08. The molecule has 1 aromatic carbocycles. The zero-order valence-corrected chi connectivity index (χ0v) is 9.28. The summed E-state index contributed by atoms with van der Waals surface area (Å²) in [6.07, 6.45) is -0.0807. The van der Waals surface area contributed by atoms with E-state index in [0.29, 0.717) is 5.75 Å². The molecule has 0 spiro atoms. The maximum absolute atomic E-state index is 10.9. The zero-order valence-electron chi connectivity index (χ0n) is 8.47. The summed E-state index contributed by atoms with van der Waals surface area (Å²) in [5, 5.41) is 0. The monoisotopic (exact) mass is 231 g/mol. The summed E-state index contributed by atoms with van der Waals surface area (Å²) in [5.74, 6) is 0.354. The van der Waals surface area contributed by atoms with Gasteiger partial charge in [0.15, 0.2) is 0 Å². The molecule has 84 valence electrons. The van der Waals surface area contributed by atoms with Crippen LogP contribution in [0.4, 0.5) is 5.69 Å². The van der Waals surface area contributed by atoms with Crippen molar-refractivity contribution in [2.45, 2.75) is 24.8 Å². The topological polar surface area (TPSA) is 89.6 Å². The molecule has 3 N–H and O–H groups in total. The van der Waals surface area contributed by atoms with Crippen LogP contribution in [-0.4, -0.2) is 19.1 Å². The molecule has 0 atom stereocenters. The van der Waals surface area contributed by atoms with Crippen LogP contribution in [-0.2, 0) is 10.1 Å². The summed E-state index contributed by atoms with van der Waals surface area (Å²) in [4.78, 5) is -0.333. The molecule has 0 unspecified atom stereocenters. The van der Waals surface area contributed by atoms with Crippen molar-refractivity contribution in [3.05, 3.63) is 18.2 Å². The molecule has 15 heavy (non-hydrogen) atoms. The highest BCUT2D eigenvalue weighted by Gasteiger charge is 2.15. The van der Waals surface area contributed by atoms with E-state index in [1.807, 2.05) is 13.8 Å². The van der Waals surface area contributed by atoms with E-state index in [4.69, 9.17) is 15.0 Å². The Morgan fingerprint density at radius 3 is 2.47 bits per heavy atom. The Bertz CT molecular complexity index is 453. The van der Waals surface area contributed by atoms with Crippen molar-refractivity contribution in [2.75, 3.05) is 5.73 Å². The Hall–Kier alpha value is -1.27. The SMILES string of the molecule is CC(C)Oc1ccc(N)c(S(=O)(=O)O)c1. The lowest BCUT2D eigenvalue weighted by atomic mass is 10.3. The molecule has 0 saturated carbocycles. The number of ether oxygens (including phenoxy) is 1. The zero-order chi connectivity index (χ0) is 11.6. The van der Waals surface area contributed by atoms with Gasteiger partial charge in [0, 0.05) is 6.07 Å². The van der Waals surface area contributed by atoms with Gasteiger partial charge in [0.25, 0.3) is 10.1 Å². The standard InChI is InChI=1S/C9H13NO4S/c1-6(2)14-7-3-4-8(10)9(5-7)15(11,12)13/h3-6H,10H2,1-2H3,(H,11,12,13). The highest BCUT2D eigenvalue weighted by Crippen LogP contribution is 2.24. The predicted octanol–water partition coefficient (Wildman–Crippen LogP) is 1.30. The van der Waals surface area contributed by atoms with E-state index in [2.05, 4.69) is 0 Å². The number of benzene rings is 1. The average Bonchev–Trinajstić information content (AvgIpc) is 2.05. The molecule has 0 heterocycles. The molecule has 1 rings (SSSR count). The highest BCUT2D eigenvalue weighted by molar-refractivity contribution is 7.86. The maximum atomic E-state index is 10.9. The number of anilines is 1. The molecule has 0 saturated heterocycles.